The van der Waals surface area contributed by atoms with E-state index < -0.39 is 0 Å². The quantitative estimate of drug-likeness (QED) is 0.666. The molecule has 4 rings (SSSR count). The van der Waals surface area contributed by atoms with Gasteiger partial charge in [0.25, 0.3) is 0 Å². The molecule has 1 aliphatic rings. The van der Waals surface area contributed by atoms with E-state index in [9.17, 15) is 5.11 Å². The van der Waals surface area contributed by atoms with Gasteiger partial charge >= 0.3 is 0 Å². The van der Waals surface area contributed by atoms with Crippen LogP contribution in [0.1, 0.15) is 24.0 Å². The van der Waals surface area contributed by atoms with Crippen molar-refractivity contribution in [3.8, 4) is 5.75 Å². The van der Waals surface area contributed by atoms with Gasteiger partial charge in [0.2, 0.25) is 0 Å². The Morgan fingerprint density at radius 2 is 1.96 bits per heavy atom. The molecule has 0 aliphatic carbocycles. The smallest absolute Gasteiger partial charge is 0.120 e. The number of phenolic OH excluding ortho intramolecular Hbond substituents is 1. The summed E-state index contributed by atoms with van der Waals surface area (Å²) in [6, 6.07) is 15.4. The predicted molar refractivity (Wildman–Crippen MR) is 108 cm³/mol. The van der Waals surface area contributed by atoms with Crippen LogP contribution >= 0.6 is 11.6 Å². The van der Waals surface area contributed by atoms with Crippen LogP contribution in [0.3, 0.4) is 0 Å². The Hall–Kier alpha value is -2.14. The maximum absolute atomic E-state index is 10.2. The highest BCUT2D eigenvalue weighted by atomic mass is 35.5. The monoisotopic (exact) mass is 382 g/mol. The van der Waals surface area contributed by atoms with Crippen molar-refractivity contribution in [2.24, 2.45) is 0 Å². The Balaban J connectivity index is 1.63. The molecule has 140 valence electrons. The van der Waals surface area contributed by atoms with E-state index in [1.165, 1.54) is 0 Å². The van der Waals surface area contributed by atoms with Gasteiger partial charge in [0.15, 0.2) is 0 Å². The van der Waals surface area contributed by atoms with E-state index in [2.05, 4.69) is 9.88 Å². The Labute approximate surface area is 164 Å². The van der Waals surface area contributed by atoms with Crippen LogP contribution in [0.15, 0.2) is 54.7 Å². The predicted octanol–water partition coefficient (Wildman–Crippen LogP) is 4.78. The van der Waals surface area contributed by atoms with Crippen molar-refractivity contribution < 1.29 is 9.84 Å². The molecule has 3 aromatic rings. The zero-order valence-corrected chi connectivity index (χ0v) is 15.9. The van der Waals surface area contributed by atoms with Crippen LogP contribution in [0, 0.1) is 0 Å². The molecule has 0 bridgehead atoms. The van der Waals surface area contributed by atoms with Gasteiger partial charge in [-0.2, -0.15) is 0 Å². The highest BCUT2D eigenvalue weighted by Crippen LogP contribution is 2.26. The molecule has 0 amide bonds. The Kier molecular flexibility index (Phi) is 5.58. The maximum atomic E-state index is 10.2. The lowest BCUT2D eigenvalue weighted by Crippen LogP contribution is -2.31. The van der Waals surface area contributed by atoms with Gasteiger partial charge in [0.1, 0.15) is 5.75 Å². The number of hydrogen-bond donors (Lipinski definition) is 1. The molecule has 2 aromatic carbocycles. The number of fused-ring (bicyclic) bond motifs is 1. The number of para-hydroxylation sites is 1. The largest absolute Gasteiger partial charge is 0.508 e. The number of pyridine rings is 1. The first-order chi connectivity index (χ1) is 13.2. The molecule has 1 saturated heterocycles. The summed E-state index contributed by atoms with van der Waals surface area (Å²) in [6.07, 6.45) is 4.23. The summed E-state index contributed by atoms with van der Waals surface area (Å²) < 4.78 is 5.85. The number of nitrogens with zero attached hydrogens (tertiary/aromatic N) is 2. The number of ether oxygens (including phenoxy) is 1. The van der Waals surface area contributed by atoms with Crippen molar-refractivity contribution in [1.29, 1.82) is 0 Å². The molecular weight excluding hydrogens is 360 g/mol. The second kappa shape index (κ2) is 8.26. The van der Waals surface area contributed by atoms with Gasteiger partial charge in [-0.1, -0.05) is 35.9 Å². The zero-order chi connectivity index (χ0) is 18.6. The highest BCUT2D eigenvalue weighted by molar-refractivity contribution is 6.31. The number of halogens is 1. The molecule has 0 saturated carbocycles. The Morgan fingerprint density at radius 1 is 1.11 bits per heavy atom. The average molecular weight is 383 g/mol. The molecule has 0 spiro atoms. The van der Waals surface area contributed by atoms with Crippen molar-refractivity contribution in [2.75, 3.05) is 13.2 Å². The molecule has 1 N–H and O–H groups in total. The van der Waals surface area contributed by atoms with Gasteiger partial charge < -0.3 is 9.84 Å². The maximum Gasteiger partial charge on any atom is 0.120 e. The number of benzene rings is 2. The van der Waals surface area contributed by atoms with E-state index in [0.717, 1.165) is 48.0 Å². The molecule has 1 unspecified atom stereocenters. The van der Waals surface area contributed by atoms with E-state index in [1.807, 2.05) is 48.7 Å². The summed E-state index contributed by atoms with van der Waals surface area (Å²) in [4.78, 5) is 6.88. The van der Waals surface area contributed by atoms with E-state index in [1.54, 1.807) is 6.07 Å². The molecule has 5 heteroatoms. The van der Waals surface area contributed by atoms with Crippen LogP contribution < -0.4 is 0 Å². The topological polar surface area (TPSA) is 45.6 Å². The van der Waals surface area contributed by atoms with Gasteiger partial charge in [0.05, 0.1) is 11.6 Å². The third-order valence-corrected chi connectivity index (χ3v) is 5.23. The van der Waals surface area contributed by atoms with Crippen LogP contribution in [-0.2, 0) is 17.8 Å². The lowest BCUT2D eigenvalue weighted by Gasteiger charge is -2.26. The van der Waals surface area contributed by atoms with Crippen molar-refractivity contribution in [1.82, 2.24) is 9.88 Å². The van der Waals surface area contributed by atoms with Crippen molar-refractivity contribution in [3.05, 3.63) is 70.9 Å². The van der Waals surface area contributed by atoms with Crippen LogP contribution in [0.25, 0.3) is 10.9 Å². The summed E-state index contributed by atoms with van der Waals surface area (Å²) in [6.45, 7) is 2.99. The second-order valence-electron chi connectivity index (χ2n) is 7.07. The molecule has 1 aliphatic heterocycles. The van der Waals surface area contributed by atoms with Gasteiger partial charge in [-0.3, -0.25) is 9.88 Å². The summed E-state index contributed by atoms with van der Waals surface area (Å²) in [7, 11) is 0. The lowest BCUT2D eigenvalue weighted by atomic mass is 10.1. The molecule has 1 aromatic heterocycles. The summed E-state index contributed by atoms with van der Waals surface area (Å²) in [5.41, 5.74) is 2.97. The minimum Gasteiger partial charge on any atom is -0.508 e. The Bertz CT molecular complexity index is 925. The van der Waals surface area contributed by atoms with E-state index >= 15 is 0 Å². The average Bonchev–Trinajstić information content (AvgIpc) is 3.16. The van der Waals surface area contributed by atoms with E-state index in [4.69, 9.17) is 16.3 Å². The SMILES string of the molecule is Oc1ccccc1CN(Cc1cc(Cl)cc2cccnc12)CC1CCCO1. The van der Waals surface area contributed by atoms with Crippen LogP contribution in [0.5, 0.6) is 5.75 Å². The summed E-state index contributed by atoms with van der Waals surface area (Å²) in [5.74, 6) is 0.323. The van der Waals surface area contributed by atoms with Gasteiger partial charge in [-0.05, 0) is 42.7 Å². The first kappa shape index (κ1) is 18.2. The minimum absolute atomic E-state index is 0.231. The van der Waals surface area contributed by atoms with Crippen molar-refractivity contribution in [3.63, 3.8) is 0 Å². The van der Waals surface area contributed by atoms with Crippen molar-refractivity contribution in [2.45, 2.75) is 32.0 Å². The first-order valence-corrected chi connectivity index (χ1v) is 9.71. The van der Waals surface area contributed by atoms with Crippen LogP contribution in [0.4, 0.5) is 0 Å². The third kappa shape index (κ3) is 4.41. The van der Waals surface area contributed by atoms with Crippen molar-refractivity contribution >= 4 is 22.5 Å². The fourth-order valence-electron chi connectivity index (χ4n) is 3.74. The number of aromatic hydroxyl groups is 1. The van der Waals surface area contributed by atoms with E-state index in [-0.39, 0.29) is 6.10 Å². The third-order valence-electron chi connectivity index (χ3n) is 5.01. The standard InChI is InChI=1S/C22H23ClN2O2/c23-19-11-16-6-3-9-24-22(16)18(12-19)14-25(15-20-7-4-10-27-20)13-17-5-1-2-8-21(17)26/h1-3,5-6,8-9,11-12,20,26H,4,7,10,13-15H2. The lowest BCUT2D eigenvalue weighted by molar-refractivity contribution is 0.0677. The molecule has 1 fully saturated rings. The van der Waals surface area contributed by atoms with Gasteiger partial charge in [0, 0.05) is 48.4 Å². The summed E-state index contributed by atoms with van der Waals surface area (Å²) >= 11 is 6.35. The fourth-order valence-corrected chi connectivity index (χ4v) is 3.98. The normalized spacial score (nSPS) is 17.0. The second-order valence-corrected chi connectivity index (χ2v) is 7.51. The molecule has 1 atom stereocenters. The van der Waals surface area contributed by atoms with E-state index in [0.29, 0.717) is 23.9 Å². The molecule has 0 radical (unpaired) electrons. The molecular formula is C22H23ClN2O2. The fraction of sp³-hybridized carbons (Fsp3) is 0.318. The number of hydrogen-bond acceptors (Lipinski definition) is 4. The van der Waals surface area contributed by atoms with Crippen LogP contribution in [-0.4, -0.2) is 34.2 Å². The molecule has 2 heterocycles. The molecule has 27 heavy (non-hydrogen) atoms. The summed E-state index contributed by atoms with van der Waals surface area (Å²) in [5, 5.41) is 12.0. The first-order valence-electron chi connectivity index (χ1n) is 9.33. The van der Waals surface area contributed by atoms with Gasteiger partial charge in [-0.15, -0.1) is 0 Å². The minimum atomic E-state index is 0.231. The van der Waals surface area contributed by atoms with Gasteiger partial charge in [-0.25, -0.2) is 0 Å². The Morgan fingerprint density at radius 3 is 2.78 bits per heavy atom. The number of rotatable bonds is 6. The van der Waals surface area contributed by atoms with Crippen LogP contribution in [0.2, 0.25) is 5.02 Å². The highest BCUT2D eigenvalue weighted by Gasteiger charge is 2.21. The number of phenols is 1. The zero-order valence-electron chi connectivity index (χ0n) is 15.1. The number of aromatic nitrogens is 1. The molecule has 4 nitrogen and oxygen atoms in total.